The van der Waals surface area contributed by atoms with Crippen LogP contribution in [0.15, 0.2) is 103 Å². The highest BCUT2D eigenvalue weighted by Crippen LogP contribution is 2.49. The van der Waals surface area contributed by atoms with Crippen molar-refractivity contribution in [1.29, 1.82) is 0 Å². The van der Waals surface area contributed by atoms with Gasteiger partial charge in [0.05, 0.1) is 0 Å². The third-order valence-electron chi connectivity index (χ3n) is 7.23. The van der Waals surface area contributed by atoms with Crippen LogP contribution in [0, 0.1) is 0 Å². The summed E-state index contributed by atoms with van der Waals surface area (Å²) in [7, 11) is 0. The Balaban J connectivity index is 1.33. The molecule has 0 aliphatic heterocycles. The topological polar surface area (TPSA) is 0 Å². The maximum absolute atomic E-state index is 2.43. The Morgan fingerprint density at radius 2 is 1.06 bits per heavy atom. The third kappa shape index (κ3) is 2.98. The van der Waals surface area contributed by atoms with E-state index in [0.29, 0.717) is 11.8 Å². The molecule has 0 saturated carbocycles. The lowest BCUT2D eigenvalue weighted by molar-refractivity contribution is 0.618. The Bertz CT molecular complexity index is 1250. The van der Waals surface area contributed by atoms with Crippen molar-refractivity contribution in [2.45, 2.75) is 31.6 Å². The maximum atomic E-state index is 2.43. The highest BCUT2D eigenvalue weighted by molar-refractivity contribution is 5.82. The fourth-order valence-corrected chi connectivity index (χ4v) is 5.78. The van der Waals surface area contributed by atoms with Gasteiger partial charge < -0.3 is 0 Å². The van der Waals surface area contributed by atoms with Crippen LogP contribution < -0.4 is 0 Å². The van der Waals surface area contributed by atoms with Crippen molar-refractivity contribution in [2.24, 2.45) is 0 Å². The first-order valence-electron chi connectivity index (χ1n) is 11.4. The van der Waals surface area contributed by atoms with Crippen molar-refractivity contribution in [3.05, 3.63) is 125 Å². The lowest BCUT2D eigenvalue weighted by atomic mass is 9.84. The van der Waals surface area contributed by atoms with Crippen LogP contribution in [0.3, 0.4) is 0 Å². The number of allylic oxidation sites excluding steroid dienone is 1. The summed E-state index contributed by atoms with van der Waals surface area (Å²) < 4.78 is 0. The highest BCUT2D eigenvalue weighted by Gasteiger charge is 2.30. The van der Waals surface area contributed by atoms with E-state index in [1.807, 2.05) is 0 Å². The lowest BCUT2D eigenvalue weighted by Gasteiger charge is -2.19. The minimum atomic E-state index is 0.501. The van der Waals surface area contributed by atoms with Gasteiger partial charge in [-0.2, -0.15) is 0 Å². The summed E-state index contributed by atoms with van der Waals surface area (Å²) in [5.74, 6) is 1.01. The van der Waals surface area contributed by atoms with Crippen molar-refractivity contribution in [1.82, 2.24) is 0 Å². The van der Waals surface area contributed by atoms with Gasteiger partial charge in [-0.15, -0.1) is 0 Å². The highest BCUT2D eigenvalue weighted by atomic mass is 14.3. The van der Waals surface area contributed by atoms with Gasteiger partial charge in [-0.1, -0.05) is 109 Å². The van der Waals surface area contributed by atoms with Crippen LogP contribution in [-0.4, -0.2) is 0 Å². The first-order chi connectivity index (χ1) is 15.3. The van der Waals surface area contributed by atoms with E-state index in [-0.39, 0.29) is 0 Å². The van der Waals surface area contributed by atoms with Crippen molar-refractivity contribution < 1.29 is 0 Å². The second-order valence-corrected chi connectivity index (χ2v) is 8.92. The molecule has 0 aromatic heterocycles. The lowest BCUT2D eigenvalue weighted by Crippen LogP contribution is -2.03. The van der Waals surface area contributed by atoms with Gasteiger partial charge in [0.15, 0.2) is 0 Å². The van der Waals surface area contributed by atoms with Crippen molar-refractivity contribution in [3.8, 4) is 22.3 Å². The number of rotatable bonds is 4. The molecular formula is C31H26. The zero-order chi connectivity index (χ0) is 20.8. The van der Waals surface area contributed by atoms with E-state index in [1.54, 1.807) is 0 Å². The monoisotopic (exact) mass is 398 g/mol. The van der Waals surface area contributed by atoms with Crippen LogP contribution in [-0.2, 0) is 0 Å². The summed E-state index contributed by atoms with van der Waals surface area (Å²) in [5.41, 5.74) is 12.9. The molecule has 0 radical (unpaired) electrons. The van der Waals surface area contributed by atoms with Crippen LogP contribution in [0.4, 0.5) is 0 Å². The summed E-state index contributed by atoms with van der Waals surface area (Å²) in [5, 5.41) is 0. The molecule has 0 bridgehead atoms. The molecule has 31 heavy (non-hydrogen) atoms. The summed E-state index contributed by atoms with van der Waals surface area (Å²) in [6, 6.07) is 35.6. The number of fused-ring (bicyclic) bond motifs is 4. The normalized spacial score (nSPS) is 16.5. The molecule has 0 heterocycles. The summed E-state index contributed by atoms with van der Waals surface area (Å²) in [6.45, 7) is 2.32. The van der Waals surface area contributed by atoms with Gasteiger partial charge in [-0.3, -0.25) is 0 Å². The summed E-state index contributed by atoms with van der Waals surface area (Å²) in [6.07, 6.45) is 4.79. The van der Waals surface area contributed by atoms with E-state index in [9.17, 15) is 0 Å². The minimum Gasteiger partial charge on any atom is -0.0652 e. The minimum absolute atomic E-state index is 0.501. The Morgan fingerprint density at radius 1 is 0.516 bits per heavy atom. The Labute approximate surface area is 184 Å². The van der Waals surface area contributed by atoms with E-state index < -0.39 is 0 Å². The molecule has 1 unspecified atom stereocenters. The Morgan fingerprint density at radius 3 is 1.77 bits per heavy atom. The van der Waals surface area contributed by atoms with Crippen LogP contribution in [0.2, 0.25) is 0 Å². The smallest absolute Gasteiger partial charge is 0.0102 e. The average Bonchev–Trinajstić information content (AvgIpc) is 3.32. The van der Waals surface area contributed by atoms with E-state index in [0.717, 1.165) is 0 Å². The van der Waals surface area contributed by atoms with E-state index in [4.69, 9.17) is 0 Å². The number of benzene rings is 4. The molecule has 150 valence electrons. The second-order valence-electron chi connectivity index (χ2n) is 8.92. The first kappa shape index (κ1) is 18.4. The molecular weight excluding hydrogens is 372 g/mol. The standard InChI is InChI=1S/C31H26/c1-21-20-31-24(22-10-3-2-4-11-22)16-9-17-25(31)23(21)18-19-30-28-14-7-5-12-26(28)27-13-6-8-15-29(27)30/h2-17,20,23,30H,18-19H2,1H3. The van der Waals surface area contributed by atoms with Gasteiger partial charge in [0.25, 0.3) is 0 Å². The van der Waals surface area contributed by atoms with Crippen LogP contribution >= 0.6 is 0 Å². The molecule has 0 heteroatoms. The molecule has 4 aromatic carbocycles. The predicted octanol–water partition coefficient (Wildman–Crippen LogP) is 8.45. The van der Waals surface area contributed by atoms with Gasteiger partial charge in [-0.05, 0) is 64.3 Å². The molecule has 1 atom stereocenters. The number of hydrogen-bond donors (Lipinski definition) is 0. The molecule has 0 fully saturated rings. The SMILES string of the molecule is CC1=Cc2c(-c3ccccc3)cccc2C1CCC1c2ccccc2-c2ccccc21. The molecule has 6 rings (SSSR count). The fraction of sp³-hybridized carbons (Fsp3) is 0.161. The molecule has 0 amide bonds. The average molecular weight is 399 g/mol. The molecule has 0 spiro atoms. The van der Waals surface area contributed by atoms with E-state index in [2.05, 4.69) is 110 Å². The molecule has 0 N–H and O–H groups in total. The van der Waals surface area contributed by atoms with Gasteiger partial charge in [0, 0.05) is 11.8 Å². The molecule has 2 aliphatic carbocycles. The Hall–Kier alpha value is -3.38. The fourth-order valence-electron chi connectivity index (χ4n) is 5.78. The maximum Gasteiger partial charge on any atom is 0.0102 e. The largest absolute Gasteiger partial charge is 0.0652 e. The third-order valence-corrected chi connectivity index (χ3v) is 7.23. The number of hydrogen-bond acceptors (Lipinski definition) is 0. The zero-order valence-corrected chi connectivity index (χ0v) is 17.9. The van der Waals surface area contributed by atoms with Crippen molar-refractivity contribution in [3.63, 3.8) is 0 Å². The van der Waals surface area contributed by atoms with E-state index in [1.165, 1.54) is 62.9 Å². The Kier molecular flexibility index (Phi) is 4.39. The van der Waals surface area contributed by atoms with Crippen LogP contribution in [0.25, 0.3) is 28.3 Å². The van der Waals surface area contributed by atoms with Crippen LogP contribution in [0.5, 0.6) is 0 Å². The molecule has 4 aromatic rings. The van der Waals surface area contributed by atoms with Gasteiger partial charge in [-0.25, -0.2) is 0 Å². The van der Waals surface area contributed by atoms with Gasteiger partial charge in [0.2, 0.25) is 0 Å². The summed E-state index contributed by atoms with van der Waals surface area (Å²) in [4.78, 5) is 0. The quantitative estimate of drug-likeness (QED) is 0.323. The molecule has 2 aliphatic rings. The predicted molar refractivity (Wildman–Crippen MR) is 131 cm³/mol. The van der Waals surface area contributed by atoms with E-state index >= 15 is 0 Å². The molecule has 0 saturated heterocycles. The van der Waals surface area contributed by atoms with Crippen molar-refractivity contribution in [2.75, 3.05) is 0 Å². The summed E-state index contributed by atoms with van der Waals surface area (Å²) >= 11 is 0. The van der Waals surface area contributed by atoms with Crippen LogP contribution in [0.1, 0.15) is 53.9 Å². The first-order valence-corrected chi connectivity index (χ1v) is 11.4. The van der Waals surface area contributed by atoms with Crippen molar-refractivity contribution >= 4 is 6.08 Å². The molecule has 0 nitrogen and oxygen atoms in total. The van der Waals surface area contributed by atoms with Gasteiger partial charge in [0.1, 0.15) is 0 Å². The zero-order valence-electron chi connectivity index (χ0n) is 17.9. The second kappa shape index (κ2) is 7.39. The van der Waals surface area contributed by atoms with Gasteiger partial charge >= 0.3 is 0 Å².